The maximum absolute atomic E-state index is 2.12. The molecule has 1 radical (unpaired) electrons. The van der Waals surface area contributed by atoms with E-state index in [9.17, 15) is 0 Å². The molecule has 0 atom stereocenters. The van der Waals surface area contributed by atoms with E-state index in [1.54, 1.807) is 0 Å². The molecule has 1 aliphatic heterocycles. The molecule has 0 aromatic carbocycles. The second-order valence-corrected chi connectivity index (χ2v) is 1.32. The van der Waals surface area contributed by atoms with Gasteiger partial charge in [-0.2, -0.15) is 0 Å². The topological polar surface area (TPSA) is 3.24 Å². The minimum absolute atomic E-state index is 0. The van der Waals surface area contributed by atoms with Crippen LogP contribution >= 0.6 is 0 Å². The van der Waals surface area contributed by atoms with Gasteiger partial charge in [0.1, 0.15) is 0 Å². The van der Waals surface area contributed by atoms with Crippen molar-refractivity contribution in [3.8, 4) is 0 Å². The summed E-state index contributed by atoms with van der Waals surface area (Å²) in [6, 6.07) is 0. The maximum Gasteiger partial charge on any atom is 0.00621 e. The Morgan fingerprint density at radius 2 is 2.17 bits per heavy atom. The van der Waals surface area contributed by atoms with E-state index in [1.165, 1.54) is 0 Å². The zero-order valence-electron chi connectivity index (χ0n) is 3.72. The maximum atomic E-state index is 2.12. The number of hydrogen-bond donors (Lipinski definition) is 0. The van der Waals surface area contributed by atoms with Gasteiger partial charge in [-0.05, 0) is 7.05 Å². The van der Waals surface area contributed by atoms with Crippen molar-refractivity contribution in [2.24, 2.45) is 0 Å². The van der Waals surface area contributed by atoms with Gasteiger partial charge in [0.25, 0.3) is 0 Å². The first-order chi connectivity index (χ1) is 2.39. The number of nitrogens with zero attached hydrogens (tertiary/aromatic N) is 1. The molecule has 0 saturated carbocycles. The van der Waals surface area contributed by atoms with E-state index in [4.69, 9.17) is 0 Å². The Hall–Kier alpha value is 0.713. The average Bonchev–Trinajstić information content (AvgIpc) is 1.30. The quantitative estimate of drug-likeness (QED) is 0.422. The van der Waals surface area contributed by atoms with Crippen LogP contribution in [0, 0.1) is 6.32 Å². The van der Waals surface area contributed by atoms with Crippen molar-refractivity contribution in [2.45, 2.75) is 0 Å². The third-order valence-electron chi connectivity index (χ3n) is 0.753. The van der Waals surface area contributed by atoms with Gasteiger partial charge in [0.2, 0.25) is 0 Å². The van der Waals surface area contributed by atoms with Crippen molar-refractivity contribution in [1.29, 1.82) is 0 Å². The summed E-state index contributed by atoms with van der Waals surface area (Å²) in [6.07, 6.45) is 2.12. The van der Waals surface area contributed by atoms with E-state index in [-0.39, 0.29) is 21.1 Å². The zero-order valence-corrected chi connectivity index (χ0v) is 6.65. The molecule has 1 fully saturated rings. The fourth-order valence-corrected chi connectivity index (χ4v) is 0.316. The molecule has 0 N–H and O–H groups in total. The van der Waals surface area contributed by atoms with Crippen LogP contribution in [0.2, 0.25) is 0 Å². The van der Waals surface area contributed by atoms with E-state index in [0.29, 0.717) is 0 Å². The summed E-state index contributed by atoms with van der Waals surface area (Å²) < 4.78 is 0. The van der Waals surface area contributed by atoms with Gasteiger partial charge in [-0.1, -0.05) is 0 Å². The minimum Gasteiger partial charge on any atom is -0.414 e. The Bertz CT molecular complexity index is 37.8. The second-order valence-electron chi connectivity index (χ2n) is 1.32. The van der Waals surface area contributed by atoms with Gasteiger partial charge in [-0.15, -0.1) is 6.54 Å². The van der Waals surface area contributed by atoms with Crippen LogP contribution < -0.4 is 0 Å². The van der Waals surface area contributed by atoms with Crippen LogP contribution in [0.5, 0.6) is 0 Å². The van der Waals surface area contributed by atoms with Crippen LogP contribution in [0.3, 0.4) is 0 Å². The predicted molar refractivity (Wildman–Crippen MR) is 22.7 cm³/mol. The fraction of sp³-hybridized carbons (Fsp3) is 0.667. The summed E-state index contributed by atoms with van der Waals surface area (Å²) in [4.78, 5) is 2.12. The van der Waals surface area contributed by atoms with Gasteiger partial charge in [0.15, 0.2) is 0 Å². The minimum atomic E-state index is 0. The van der Waals surface area contributed by atoms with Crippen LogP contribution in [0.4, 0.5) is 0 Å². The average molecular weight is 251 g/mol. The van der Waals surface area contributed by atoms with Crippen molar-refractivity contribution >= 4 is 7.41 Å². The summed E-state index contributed by atoms with van der Waals surface area (Å²) in [6.45, 7) is 1.14. The monoisotopic (exact) mass is 251 g/mol. The van der Waals surface area contributed by atoms with Crippen LogP contribution in [0.1, 0.15) is 0 Å². The molecule has 0 spiro atoms. The van der Waals surface area contributed by atoms with Crippen LogP contribution in [-0.4, -0.2) is 25.8 Å². The van der Waals surface area contributed by atoms with E-state index in [0.717, 1.165) is 6.54 Å². The van der Waals surface area contributed by atoms with Gasteiger partial charge in [-0.3, -0.25) is 0 Å². The fourth-order valence-electron chi connectivity index (χ4n) is 0.316. The SMILES string of the molecule is CN1[B][CH-]C1.[W]. The predicted octanol–water partition coefficient (Wildman–Crippen LogP) is -0.290. The van der Waals surface area contributed by atoms with E-state index in [2.05, 4.69) is 25.6 Å². The number of rotatable bonds is 0. The van der Waals surface area contributed by atoms with Crippen molar-refractivity contribution in [1.82, 2.24) is 4.81 Å². The molecule has 1 heterocycles. The molecule has 6 heavy (non-hydrogen) atoms. The van der Waals surface area contributed by atoms with Crippen molar-refractivity contribution < 1.29 is 21.1 Å². The first-order valence-corrected chi connectivity index (χ1v) is 1.76. The molecule has 0 bridgehead atoms. The van der Waals surface area contributed by atoms with Gasteiger partial charge in [0, 0.05) is 28.5 Å². The Morgan fingerprint density at radius 3 is 2.17 bits per heavy atom. The molecule has 1 saturated heterocycles. The molecule has 3 heteroatoms. The largest absolute Gasteiger partial charge is 0.414 e. The molecule has 33 valence electrons. The molecule has 1 aliphatic rings. The van der Waals surface area contributed by atoms with Crippen LogP contribution in [-0.2, 0) is 21.1 Å². The summed E-state index contributed by atoms with van der Waals surface area (Å²) >= 11 is 0. The molecule has 0 amide bonds. The molecule has 0 aliphatic carbocycles. The summed E-state index contributed by atoms with van der Waals surface area (Å²) in [5.74, 6) is 0. The van der Waals surface area contributed by atoms with Gasteiger partial charge in [-0.25, -0.2) is 0 Å². The van der Waals surface area contributed by atoms with Crippen molar-refractivity contribution in [2.75, 3.05) is 13.6 Å². The van der Waals surface area contributed by atoms with Gasteiger partial charge < -0.3 is 11.1 Å². The molecule has 1 rings (SSSR count). The molecule has 1 nitrogen and oxygen atoms in total. The Balaban J connectivity index is 0.000000250. The Kier molecular flexibility index (Phi) is 3.15. The molecular weight excluding hydrogens is 245 g/mol. The summed E-state index contributed by atoms with van der Waals surface area (Å²) in [5.41, 5.74) is 0. The third-order valence-corrected chi connectivity index (χ3v) is 0.753. The third kappa shape index (κ3) is 1.44. The molecule has 0 aromatic heterocycles. The molecular formula is C3H6BNW-. The normalized spacial score (nSPS) is 20.2. The van der Waals surface area contributed by atoms with Gasteiger partial charge in [0.05, 0.1) is 0 Å². The molecule has 0 aromatic rings. The van der Waals surface area contributed by atoms with Gasteiger partial charge >= 0.3 is 0 Å². The number of hydrogen-bond acceptors (Lipinski definition) is 1. The second kappa shape index (κ2) is 2.82. The van der Waals surface area contributed by atoms with E-state index < -0.39 is 0 Å². The van der Waals surface area contributed by atoms with Crippen LogP contribution in [0.25, 0.3) is 0 Å². The van der Waals surface area contributed by atoms with E-state index >= 15 is 0 Å². The van der Waals surface area contributed by atoms with Crippen molar-refractivity contribution in [3.63, 3.8) is 0 Å². The van der Waals surface area contributed by atoms with Crippen molar-refractivity contribution in [3.05, 3.63) is 6.32 Å². The van der Waals surface area contributed by atoms with E-state index in [1.807, 2.05) is 0 Å². The zero-order chi connectivity index (χ0) is 3.70. The molecule has 0 unspecified atom stereocenters. The first-order valence-electron chi connectivity index (χ1n) is 1.76. The summed E-state index contributed by atoms with van der Waals surface area (Å²) in [5, 5.41) is 0. The Morgan fingerprint density at radius 1 is 1.83 bits per heavy atom. The first kappa shape index (κ1) is 6.71. The standard InChI is InChI=1S/C3H6BN.W/c1-5-3-2-4-5;/h2H,3H2,1H3;/q-1;. The smallest absolute Gasteiger partial charge is 0.00621 e. The van der Waals surface area contributed by atoms with Crippen LogP contribution in [0.15, 0.2) is 0 Å². The summed E-state index contributed by atoms with van der Waals surface area (Å²) in [7, 11) is 4.11. The Labute approximate surface area is 53.6 Å².